The fraction of sp³-hybridized carbons (Fsp3) is 0.581. The summed E-state index contributed by atoms with van der Waals surface area (Å²) in [6, 6.07) is 15.2. The summed E-state index contributed by atoms with van der Waals surface area (Å²) in [5, 5.41) is 13.7. The zero-order chi connectivity index (χ0) is 28.8. The first-order chi connectivity index (χ1) is 18.6. The number of amides is 1. The first-order valence-electron chi connectivity index (χ1n) is 13.7. The van der Waals surface area contributed by atoms with Crippen LogP contribution in [0.5, 0.6) is 11.5 Å². The summed E-state index contributed by atoms with van der Waals surface area (Å²) in [5.74, 6) is 1.68. The van der Waals surface area contributed by atoms with Crippen LogP contribution in [0.3, 0.4) is 0 Å². The Morgan fingerprint density at radius 3 is 2.36 bits per heavy atom. The normalized spacial score (nSPS) is 15.3. The topological polar surface area (TPSA) is 112 Å². The third-order valence-electron chi connectivity index (χ3n) is 7.28. The molecule has 0 fully saturated rings. The van der Waals surface area contributed by atoms with Gasteiger partial charge in [-0.05, 0) is 54.9 Å². The lowest BCUT2D eigenvalue weighted by Crippen LogP contribution is -2.52. The number of nitrogens with one attached hydrogen (secondary N) is 1. The molecule has 0 aliphatic carbocycles. The van der Waals surface area contributed by atoms with E-state index >= 15 is 0 Å². The van der Waals surface area contributed by atoms with Crippen molar-refractivity contribution in [3.63, 3.8) is 0 Å². The summed E-state index contributed by atoms with van der Waals surface area (Å²) in [7, 11) is 4.82. The van der Waals surface area contributed by atoms with Gasteiger partial charge in [0.15, 0.2) is 11.5 Å². The number of nitrogens with two attached hydrogens (primary N) is 1. The maximum atomic E-state index is 13.0. The van der Waals surface area contributed by atoms with Gasteiger partial charge in [-0.3, -0.25) is 4.79 Å². The summed E-state index contributed by atoms with van der Waals surface area (Å²) in [6.45, 7) is 7.30. The van der Waals surface area contributed by atoms with Crippen LogP contribution in [0.2, 0.25) is 0 Å². The summed E-state index contributed by atoms with van der Waals surface area (Å²) < 4.78 is 22.1. The molecule has 2 aromatic rings. The van der Waals surface area contributed by atoms with Gasteiger partial charge < -0.3 is 35.1 Å². The smallest absolute Gasteiger partial charge is 0.252 e. The van der Waals surface area contributed by atoms with Gasteiger partial charge in [0, 0.05) is 46.3 Å². The van der Waals surface area contributed by atoms with Crippen molar-refractivity contribution in [1.82, 2.24) is 5.32 Å². The SMILES string of the molecule is COCCCOc1cc(C[C@@H](C[C@H](N)[C@@H](O)CNC(=O)[C@@](C)(Cc2ccccc2)OC)C(C)C)ccc1OC. The Hall–Kier alpha value is -2.65. The lowest BCUT2D eigenvalue weighted by molar-refractivity contribution is -0.141. The van der Waals surface area contributed by atoms with E-state index in [-0.39, 0.29) is 18.4 Å². The fourth-order valence-electron chi connectivity index (χ4n) is 4.51. The Balaban J connectivity index is 1.97. The van der Waals surface area contributed by atoms with E-state index in [9.17, 15) is 9.90 Å². The van der Waals surface area contributed by atoms with Gasteiger partial charge in [-0.1, -0.05) is 50.2 Å². The van der Waals surface area contributed by atoms with Gasteiger partial charge in [0.25, 0.3) is 5.91 Å². The number of ether oxygens (including phenoxy) is 4. The van der Waals surface area contributed by atoms with E-state index in [0.717, 1.165) is 24.0 Å². The molecular formula is C31H48N2O6. The van der Waals surface area contributed by atoms with E-state index in [1.54, 1.807) is 21.1 Å². The molecule has 0 radical (unpaired) electrons. The van der Waals surface area contributed by atoms with Crippen molar-refractivity contribution in [2.75, 3.05) is 41.1 Å². The molecule has 39 heavy (non-hydrogen) atoms. The molecule has 4 N–H and O–H groups in total. The predicted molar refractivity (Wildman–Crippen MR) is 154 cm³/mol. The van der Waals surface area contributed by atoms with Crippen LogP contribution in [-0.2, 0) is 27.1 Å². The quantitative estimate of drug-likeness (QED) is 0.245. The third kappa shape index (κ3) is 10.4. The predicted octanol–water partition coefficient (Wildman–Crippen LogP) is 3.77. The summed E-state index contributed by atoms with van der Waals surface area (Å²) >= 11 is 0. The highest BCUT2D eigenvalue weighted by Gasteiger charge is 2.34. The van der Waals surface area contributed by atoms with Gasteiger partial charge in [0.05, 0.1) is 19.8 Å². The maximum absolute atomic E-state index is 13.0. The van der Waals surface area contributed by atoms with Crippen LogP contribution in [-0.4, -0.2) is 69.8 Å². The van der Waals surface area contributed by atoms with Gasteiger partial charge >= 0.3 is 0 Å². The molecular weight excluding hydrogens is 496 g/mol. The van der Waals surface area contributed by atoms with Crippen molar-refractivity contribution in [2.24, 2.45) is 17.6 Å². The highest BCUT2D eigenvalue weighted by molar-refractivity contribution is 5.85. The van der Waals surface area contributed by atoms with E-state index < -0.39 is 17.7 Å². The molecule has 1 amide bonds. The molecule has 0 aliphatic rings. The van der Waals surface area contributed by atoms with Crippen molar-refractivity contribution in [2.45, 2.75) is 64.2 Å². The lowest BCUT2D eigenvalue weighted by atomic mass is 9.83. The minimum absolute atomic E-state index is 0.0561. The van der Waals surface area contributed by atoms with E-state index in [2.05, 4.69) is 19.2 Å². The second-order valence-electron chi connectivity index (χ2n) is 10.7. The van der Waals surface area contributed by atoms with Crippen molar-refractivity contribution in [1.29, 1.82) is 0 Å². The number of hydrogen-bond donors (Lipinski definition) is 3. The van der Waals surface area contributed by atoms with Crippen LogP contribution < -0.4 is 20.5 Å². The zero-order valence-electron chi connectivity index (χ0n) is 24.4. The Morgan fingerprint density at radius 2 is 1.74 bits per heavy atom. The summed E-state index contributed by atoms with van der Waals surface area (Å²) in [5.41, 5.74) is 7.50. The van der Waals surface area contributed by atoms with Crippen molar-refractivity contribution in [3.8, 4) is 11.5 Å². The van der Waals surface area contributed by atoms with Crippen molar-refractivity contribution >= 4 is 5.91 Å². The van der Waals surface area contributed by atoms with Gasteiger partial charge in [-0.2, -0.15) is 0 Å². The van der Waals surface area contributed by atoms with E-state index in [1.807, 2.05) is 48.5 Å². The standard InChI is InChI=1S/C31H48N2O6/c1-22(2)25(17-24-13-14-28(37-5)29(18-24)39-16-10-15-36-4)19-26(32)27(34)21-33-30(35)31(3,38-6)20-23-11-8-7-9-12-23/h7-9,11-14,18,22,25-27,34H,10,15-17,19-21,32H2,1-6H3,(H,33,35)/t25-,26-,27-,31+/m0/s1. The van der Waals surface area contributed by atoms with Crippen LogP contribution >= 0.6 is 0 Å². The number of rotatable bonds is 18. The number of benzene rings is 2. The van der Waals surface area contributed by atoms with Crippen LogP contribution in [0.1, 0.15) is 44.7 Å². The van der Waals surface area contributed by atoms with Crippen LogP contribution in [0.4, 0.5) is 0 Å². The average molecular weight is 545 g/mol. The fourth-order valence-corrected chi connectivity index (χ4v) is 4.51. The molecule has 218 valence electrons. The minimum atomic E-state index is -1.05. The molecule has 0 aromatic heterocycles. The Kier molecular flexibility index (Phi) is 13.7. The summed E-state index contributed by atoms with van der Waals surface area (Å²) in [4.78, 5) is 13.0. The zero-order valence-corrected chi connectivity index (χ0v) is 24.4. The van der Waals surface area contributed by atoms with Gasteiger partial charge in [0.1, 0.15) is 5.60 Å². The number of aliphatic hydroxyl groups is 1. The number of aliphatic hydroxyl groups excluding tert-OH is 1. The average Bonchev–Trinajstić information content (AvgIpc) is 2.93. The monoisotopic (exact) mass is 544 g/mol. The van der Waals surface area contributed by atoms with Gasteiger partial charge in [-0.25, -0.2) is 0 Å². The number of methoxy groups -OCH3 is 3. The molecule has 0 unspecified atom stereocenters. The van der Waals surface area contributed by atoms with Gasteiger partial charge in [0.2, 0.25) is 0 Å². The summed E-state index contributed by atoms with van der Waals surface area (Å²) in [6.07, 6.45) is 1.71. The Labute approximate surface area is 234 Å². The Morgan fingerprint density at radius 1 is 1.03 bits per heavy atom. The van der Waals surface area contributed by atoms with Crippen molar-refractivity contribution < 1.29 is 28.8 Å². The largest absolute Gasteiger partial charge is 0.493 e. The number of carbonyl (C=O) groups excluding carboxylic acids is 1. The van der Waals surface area contributed by atoms with Crippen LogP contribution in [0.25, 0.3) is 0 Å². The lowest BCUT2D eigenvalue weighted by Gasteiger charge is -2.30. The molecule has 0 aliphatic heterocycles. The Bertz CT molecular complexity index is 986. The molecule has 0 heterocycles. The molecule has 0 spiro atoms. The van der Waals surface area contributed by atoms with E-state index in [1.165, 1.54) is 7.11 Å². The van der Waals surface area contributed by atoms with Gasteiger partial charge in [-0.15, -0.1) is 0 Å². The number of hydrogen-bond acceptors (Lipinski definition) is 7. The molecule has 2 aromatic carbocycles. The first-order valence-corrected chi connectivity index (χ1v) is 13.7. The van der Waals surface area contributed by atoms with E-state index in [4.69, 9.17) is 24.7 Å². The highest BCUT2D eigenvalue weighted by Crippen LogP contribution is 2.31. The highest BCUT2D eigenvalue weighted by atomic mass is 16.5. The first kappa shape index (κ1) is 32.6. The van der Waals surface area contributed by atoms with Crippen LogP contribution in [0, 0.1) is 11.8 Å². The molecule has 8 heteroatoms. The number of carbonyl (C=O) groups is 1. The molecule has 2 rings (SSSR count). The molecule has 0 bridgehead atoms. The van der Waals surface area contributed by atoms with E-state index in [0.29, 0.717) is 43.5 Å². The van der Waals surface area contributed by atoms with Crippen LogP contribution in [0.15, 0.2) is 48.5 Å². The second-order valence-corrected chi connectivity index (χ2v) is 10.7. The second kappa shape index (κ2) is 16.5. The third-order valence-corrected chi connectivity index (χ3v) is 7.28. The maximum Gasteiger partial charge on any atom is 0.252 e. The minimum Gasteiger partial charge on any atom is -0.493 e. The molecule has 0 saturated carbocycles. The molecule has 4 atom stereocenters. The molecule has 0 saturated heterocycles. The molecule has 8 nitrogen and oxygen atoms in total. The van der Waals surface area contributed by atoms with Crippen molar-refractivity contribution in [3.05, 3.63) is 59.7 Å².